The molecule has 0 saturated carbocycles. The Morgan fingerprint density at radius 1 is 1.21 bits per heavy atom. The number of aryl methyl sites for hydroxylation is 1. The first-order valence-electron chi connectivity index (χ1n) is 5.96. The van der Waals surface area contributed by atoms with Gasteiger partial charge >= 0.3 is 6.61 Å². The normalized spacial score (nSPS) is 13.0. The number of aromatic nitrogens is 1. The van der Waals surface area contributed by atoms with Crippen LogP contribution < -0.4 is 10.5 Å². The Balaban J connectivity index is 2.00. The van der Waals surface area contributed by atoms with Gasteiger partial charge in [-0.1, -0.05) is 12.1 Å². The molecule has 0 fully saturated rings. The number of pyridine rings is 1. The molecule has 0 radical (unpaired) electrons. The number of alkyl halides is 2. The van der Waals surface area contributed by atoms with Gasteiger partial charge in [-0.3, -0.25) is 0 Å². The molecule has 3 nitrogen and oxygen atoms in total. The van der Waals surface area contributed by atoms with Crippen LogP contribution in [0.4, 0.5) is 14.5 Å². The van der Waals surface area contributed by atoms with Crippen molar-refractivity contribution in [3.05, 3.63) is 41.6 Å². The topological polar surface area (TPSA) is 48.1 Å². The van der Waals surface area contributed by atoms with Crippen LogP contribution in [0.2, 0.25) is 0 Å². The molecule has 3 rings (SSSR count). The van der Waals surface area contributed by atoms with Crippen LogP contribution in [0.15, 0.2) is 30.5 Å². The summed E-state index contributed by atoms with van der Waals surface area (Å²) in [5.41, 5.74) is 10.8. The molecule has 0 saturated heterocycles. The fourth-order valence-corrected chi connectivity index (χ4v) is 2.31. The van der Waals surface area contributed by atoms with Crippen molar-refractivity contribution in [2.24, 2.45) is 0 Å². The van der Waals surface area contributed by atoms with E-state index in [1.54, 1.807) is 6.07 Å². The Kier molecular flexibility index (Phi) is 2.81. The van der Waals surface area contributed by atoms with Crippen LogP contribution in [-0.4, -0.2) is 11.6 Å². The summed E-state index contributed by atoms with van der Waals surface area (Å²) >= 11 is 0. The third-order valence-corrected chi connectivity index (χ3v) is 3.35. The molecular weight excluding hydrogens is 250 g/mol. The fourth-order valence-electron chi connectivity index (χ4n) is 2.31. The minimum Gasteiger partial charge on any atom is -0.417 e. The van der Waals surface area contributed by atoms with Gasteiger partial charge in [-0.2, -0.15) is 8.78 Å². The van der Waals surface area contributed by atoms with Crippen LogP contribution in [0, 0.1) is 0 Å². The number of ether oxygens (including phenoxy) is 1. The molecule has 1 heterocycles. The molecule has 0 aliphatic heterocycles. The van der Waals surface area contributed by atoms with Gasteiger partial charge in [0.05, 0.1) is 0 Å². The minimum absolute atomic E-state index is 0.102. The van der Waals surface area contributed by atoms with Crippen LogP contribution in [0.3, 0.4) is 0 Å². The quantitative estimate of drug-likeness (QED) is 0.865. The van der Waals surface area contributed by atoms with Crippen molar-refractivity contribution in [3.8, 4) is 17.0 Å². The van der Waals surface area contributed by atoms with Crippen molar-refractivity contribution < 1.29 is 13.5 Å². The number of anilines is 1. The molecule has 2 aromatic rings. The SMILES string of the molecule is Nc1c(-c2ccnc(OC(F)F)c2)ccc2c1CC2. The Labute approximate surface area is 109 Å². The van der Waals surface area contributed by atoms with E-state index < -0.39 is 6.61 Å². The van der Waals surface area contributed by atoms with E-state index in [2.05, 4.69) is 9.72 Å². The van der Waals surface area contributed by atoms with Crippen LogP contribution in [0.5, 0.6) is 5.88 Å². The highest BCUT2D eigenvalue weighted by atomic mass is 19.3. The maximum atomic E-state index is 12.2. The predicted molar refractivity (Wildman–Crippen MR) is 68.1 cm³/mol. The molecule has 1 aliphatic rings. The van der Waals surface area contributed by atoms with Gasteiger partial charge in [0, 0.05) is 23.5 Å². The van der Waals surface area contributed by atoms with Crippen molar-refractivity contribution in [1.29, 1.82) is 0 Å². The molecule has 2 N–H and O–H groups in total. The number of halogens is 2. The second-order valence-electron chi connectivity index (χ2n) is 4.43. The lowest BCUT2D eigenvalue weighted by Gasteiger charge is -2.23. The van der Waals surface area contributed by atoms with Crippen molar-refractivity contribution in [2.75, 3.05) is 5.73 Å². The van der Waals surface area contributed by atoms with Gasteiger partial charge in [-0.15, -0.1) is 0 Å². The van der Waals surface area contributed by atoms with E-state index in [9.17, 15) is 8.78 Å². The van der Waals surface area contributed by atoms with Gasteiger partial charge in [0.1, 0.15) is 0 Å². The van der Waals surface area contributed by atoms with Gasteiger partial charge in [0.15, 0.2) is 0 Å². The number of fused-ring (bicyclic) bond motifs is 1. The van der Waals surface area contributed by atoms with E-state index in [-0.39, 0.29) is 5.88 Å². The number of nitrogen functional groups attached to an aromatic ring is 1. The number of hydrogen-bond acceptors (Lipinski definition) is 3. The molecular formula is C14H12F2N2O. The summed E-state index contributed by atoms with van der Waals surface area (Å²) in [6.07, 6.45) is 3.46. The van der Waals surface area contributed by atoms with Crippen LogP contribution in [0.1, 0.15) is 11.1 Å². The Morgan fingerprint density at radius 2 is 2.05 bits per heavy atom. The maximum absolute atomic E-state index is 12.2. The summed E-state index contributed by atoms with van der Waals surface area (Å²) < 4.78 is 28.6. The molecule has 0 amide bonds. The molecule has 0 unspecified atom stereocenters. The summed E-state index contributed by atoms with van der Waals surface area (Å²) in [4.78, 5) is 3.75. The lowest BCUT2D eigenvalue weighted by molar-refractivity contribution is -0.0528. The lowest BCUT2D eigenvalue weighted by Crippen LogP contribution is -2.12. The Bertz CT molecular complexity index is 629. The molecule has 0 spiro atoms. The number of nitrogens with two attached hydrogens (primary N) is 1. The zero-order valence-electron chi connectivity index (χ0n) is 10.1. The molecule has 1 aromatic carbocycles. The van der Waals surface area contributed by atoms with E-state index in [1.165, 1.54) is 17.8 Å². The second kappa shape index (κ2) is 4.50. The molecule has 0 atom stereocenters. The van der Waals surface area contributed by atoms with E-state index >= 15 is 0 Å². The largest absolute Gasteiger partial charge is 0.417 e. The maximum Gasteiger partial charge on any atom is 0.388 e. The first-order valence-corrected chi connectivity index (χ1v) is 5.96. The van der Waals surface area contributed by atoms with Crippen LogP contribution in [0.25, 0.3) is 11.1 Å². The Hall–Kier alpha value is -2.17. The second-order valence-corrected chi connectivity index (χ2v) is 4.43. The summed E-state index contributed by atoms with van der Waals surface area (Å²) in [6, 6.07) is 7.14. The molecule has 0 bridgehead atoms. The molecule has 1 aliphatic carbocycles. The highest BCUT2D eigenvalue weighted by Gasteiger charge is 2.19. The van der Waals surface area contributed by atoms with Crippen molar-refractivity contribution in [3.63, 3.8) is 0 Å². The molecule has 1 aromatic heterocycles. The third kappa shape index (κ3) is 2.12. The highest BCUT2D eigenvalue weighted by Crippen LogP contribution is 2.36. The number of nitrogens with zero attached hydrogens (tertiary/aromatic N) is 1. The molecule has 19 heavy (non-hydrogen) atoms. The summed E-state index contributed by atoms with van der Waals surface area (Å²) in [5.74, 6) is -0.102. The zero-order chi connectivity index (χ0) is 13.4. The standard InChI is InChI=1S/C14H12F2N2O/c15-14(16)19-12-7-9(5-6-18-12)11-4-2-8-1-3-10(8)13(11)17/h2,4-7,14H,1,3,17H2. The summed E-state index contributed by atoms with van der Waals surface area (Å²) in [5, 5.41) is 0. The third-order valence-electron chi connectivity index (χ3n) is 3.35. The highest BCUT2D eigenvalue weighted by molar-refractivity contribution is 5.80. The summed E-state index contributed by atoms with van der Waals surface area (Å²) in [6.45, 7) is -2.88. The van der Waals surface area contributed by atoms with Crippen molar-refractivity contribution in [1.82, 2.24) is 4.98 Å². The van der Waals surface area contributed by atoms with E-state index in [4.69, 9.17) is 5.73 Å². The van der Waals surface area contributed by atoms with E-state index in [0.717, 1.165) is 35.2 Å². The number of benzene rings is 1. The lowest BCUT2D eigenvalue weighted by atomic mass is 9.84. The predicted octanol–water partition coefficient (Wildman–Crippen LogP) is 3.03. The molecule has 5 heteroatoms. The van der Waals surface area contributed by atoms with Gasteiger partial charge < -0.3 is 10.5 Å². The number of hydrogen-bond donors (Lipinski definition) is 1. The number of rotatable bonds is 3. The van der Waals surface area contributed by atoms with Gasteiger partial charge in [0.25, 0.3) is 0 Å². The van der Waals surface area contributed by atoms with Gasteiger partial charge in [-0.05, 0) is 35.6 Å². The first-order chi connectivity index (χ1) is 9.15. The fraction of sp³-hybridized carbons (Fsp3) is 0.214. The first kappa shape index (κ1) is 11.9. The van der Waals surface area contributed by atoms with Crippen LogP contribution in [-0.2, 0) is 12.8 Å². The van der Waals surface area contributed by atoms with Gasteiger partial charge in [0.2, 0.25) is 5.88 Å². The monoisotopic (exact) mass is 262 g/mol. The van der Waals surface area contributed by atoms with Crippen molar-refractivity contribution in [2.45, 2.75) is 19.5 Å². The van der Waals surface area contributed by atoms with Gasteiger partial charge in [-0.25, -0.2) is 4.98 Å². The minimum atomic E-state index is -2.88. The average Bonchev–Trinajstić information content (AvgIpc) is 2.31. The molecule has 98 valence electrons. The Morgan fingerprint density at radius 3 is 2.74 bits per heavy atom. The smallest absolute Gasteiger partial charge is 0.388 e. The summed E-state index contributed by atoms with van der Waals surface area (Å²) in [7, 11) is 0. The van der Waals surface area contributed by atoms with Crippen molar-refractivity contribution >= 4 is 5.69 Å². The van der Waals surface area contributed by atoms with E-state index in [0.29, 0.717) is 0 Å². The zero-order valence-corrected chi connectivity index (χ0v) is 10.1. The van der Waals surface area contributed by atoms with E-state index in [1.807, 2.05) is 12.1 Å². The average molecular weight is 262 g/mol. The van der Waals surface area contributed by atoms with Crippen LogP contribution >= 0.6 is 0 Å².